The zero-order valence-corrected chi connectivity index (χ0v) is 21.0. The first kappa shape index (κ1) is 23.9. The number of nitrogens with zero attached hydrogens (tertiary/aromatic N) is 2. The van der Waals surface area contributed by atoms with Crippen molar-refractivity contribution in [3.63, 3.8) is 0 Å². The van der Waals surface area contributed by atoms with Crippen LogP contribution >= 0.6 is 11.6 Å². The summed E-state index contributed by atoms with van der Waals surface area (Å²) in [5.41, 5.74) is 5.34. The van der Waals surface area contributed by atoms with Gasteiger partial charge in [-0.1, -0.05) is 17.7 Å². The van der Waals surface area contributed by atoms with Gasteiger partial charge in [-0.15, -0.1) is 0 Å². The Morgan fingerprint density at radius 1 is 1.19 bits per heavy atom. The lowest BCUT2D eigenvalue weighted by molar-refractivity contribution is 0.114. The number of hydrogen-bond donors (Lipinski definition) is 4. The Morgan fingerprint density at radius 3 is 2.78 bits per heavy atom. The molecule has 9 nitrogen and oxygen atoms in total. The molecule has 1 aliphatic heterocycles. The summed E-state index contributed by atoms with van der Waals surface area (Å²) in [7, 11) is 3.21. The van der Waals surface area contributed by atoms with Gasteiger partial charge in [-0.05, 0) is 48.4 Å². The van der Waals surface area contributed by atoms with Crippen molar-refractivity contribution < 1.29 is 9.47 Å². The Morgan fingerprint density at radius 2 is 2.06 bits per heavy atom. The van der Waals surface area contributed by atoms with Gasteiger partial charge in [0.25, 0.3) is 5.56 Å². The van der Waals surface area contributed by atoms with Crippen LogP contribution < -0.4 is 20.9 Å². The van der Waals surface area contributed by atoms with E-state index in [2.05, 4.69) is 31.7 Å². The number of methoxy groups -OCH3 is 2. The zero-order valence-electron chi connectivity index (χ0n) is 20.2. The molecular formula is C26H27ClN6O3. The van der Waals surface area contributed by atoms with Crippen LogP contribution in [0.15, 0.2) is 52.4 Å². The van der Waals surface area contributed by atoms with E-state index in [4.69, 9.17) is 26.1 Å². The molecular weight excluding hydrogens is 480 g/mol. The van der Waals surface area contributed by atoms with Crippen molar-refractivity contribution in [3.8, 4) is 17.1 Å². The minimum absolute atomic E-state index is 0.250. The maximum atomic E-state index is 12.9. The second-order valence-electron chi connectivity index (χ2n) is 8.53. The number of benzene rings is 2. The number of amidine groups is 1. The molecule has 10 heteroatoms. The number of nitrogens with one attached hydrogen (secondary N) is 4. The van der Waals surface area contributed by atoms with Crippen LogP contribution in [0.25, 0.3) is 22.4 Å². The predicted octanol–water partition coefficient (Wildman–Crippen LogP) is 4.04. The zero-order chi connectivity index (χ0) is 25.2. The number of hydrogen-bond acceptors (Lipinski definition) is 7. The SMILES string of the molecule is COc1ccc(C(CNc2cc[nH]c(=O)c2-c2nc3c(C)cc(C4=NCCN4)cc3[nH]2)OC)cc1Cl. The van der Waals surface area contributed by atoms with E-state index in [0.29, 0.717) is 34.4 Å². The fourth-order valence-corrected chi connectivity index (χ4v) is 4.69. The van der Waals surface area contributed by atoms with Crippen LogP contribution in [0, 0.1) is 6.92 Å². The molecule has 0 spiro atoms. The number of ether oxygens (including phenoxy) is 2. The number of aromatic nitrogens is 3. The molecule has 0 amide bonds. The van der Waals surface area contributed by atoms with Gasteiger partial charge in [0.1, 0.15) is 23.0 Å². The minimum atomic E-state index is -0.305. The quantitative estimate of drug-likeness (QED) is 0.286. The van der Waals surface area contributed by atoms with Crippen LogP contribution in [-0.4, -0.2) is 54.6 Å². The summed E-state index contributed by atoms with van der Waals surface area (Å²) in [5, 5.41) is 7.16. The van der Waals surface area contributed by atoms with E-state index < -0.39 is 0 Å². The Labute approximate surface area is 212 Å². The Hall–Kier alpha value is -3.82. The lowest BCUT2D eigenvalue weighted by Gasteiger charge is -2.19. The number of imidazole rings is 1. The number of fused-ring (bicyclic) bond motifs is 1. The normalized spacial score (nSPS) is 13.9. The van der Waals surface area contributed by atoms with E-state index in [-0.39, 0.29) is 11.7 Å². The van der Waals surface area contributed by atoms with Crippen LogP contribution in [0.1, 0.15) is 22.8 Å². The number of aliphatic imine (C=N–C) groups is 1. The Kier molecular flexibility index (Phi) is 6.67. The number of rotatable bonds is 8. The van der Waals surface area contributed by atoms with Crippen molar-refractivity contribution >= 4 is 34.2 Å². The van der Waals surface area contributed by atoms with E-state index in [1.807, 2.05) is 31.2 Å². The second-order valence-corrected chi connectivity index (χ2v) is 8.93. The summed E-state index contributed by atoms with van der Waals surface area (Å²) >= 11 is 6.31. The van der Waals surface area contributed by atoms with Crippen molar-refractivity contribution in [2.75, 3.05) is 39.2 Å². The highest BCUT2D eigenvalue weighted by Gasteiger charge is 2.19. The van der Waals surface area contributed by atoms with Gasteiger partial charge in [0.05, 0.1) is 41.5 Å². The summed E-state index contributed by atoms with van der Waals surface area (Å²) < 4.78 is 10.9. The van der Waals surface area contributed by atoms with E-state index in [1.54, 1.807) is 26.5 Å². The van der Waals surface area contributed by atoms with Gasteiger partial charge in [0.15, 0.2) is 0 Å². The predicted molar refractivity (Wildman–Crippen MR) is 143 cm³/mol. The fraction of sp³-hybridized carbons (Fsp3) is 0.269. The lowest BCUT2D eigenvalue weighted by atomic mass is 10.1. The molecule has 1 atom stereocenters. The molecule has 2 aromatic carbocycles. The fourth-order valence-electron chi connectivity index (χ4n) is 4.42. The first-order valence-electron chi connectivity index (χ1n) is 11.6. The van der Waals surface area contributed by atoms with Crippen molar-refractivity contribution in [2.45, 2.75) is 13.0 Å². The Bertz CT molecular complexity index is 1510. The average molecular weight is 507 g/mol. The van der Waals surface area contributed by atoms with Gasteiger partial charge in [-0.25, -0.2) is 4.98 Å². The molecule has 0 aliphatic carbocycles. The lowest BCUT2D eigenvalue weighted by Crippen LogP contribution is -2.19. The summed E-state index contributed by atoms with van der Waals surface area (Å²) in [4.78, 5) is 28.3. The number of aryl methyl sites for hydroxylation is 1. The van der Waals surface area contributed by atoms with E-state index in [1.165, 1.54) is 0 Å². The summed E-state index contributed by atoms with van der Waals surface area (Å²) in [6, 6.07) is 11.4. The molecule has 0 bridgehead atoms. The minimum Gasteiger partial charge on any atom is -0.495 e. The van der Waals surface area contributed by atoms with Crippen LogP contribution in [0.2, 0.25) is 5.02 Å². The van der Waals surface area contributed by atoms with E-state index in [9.17, 15) is 4.79 Å². The van der Waals surface area contributed by atoms with Crippen molar-refractivity contribution in [2.24, 2.45) is 4.99 Å². The third kappa shape index (κ3) is 4.55. The second kappa shape index (κ2) is 10.0. The Balaban J connectivity index is 1.46. The highest BCUT2D eigenvalue weighted by Crippen LogP contribution is 2.30. The van der Waals surface area contributed by atoms with Crippen LogP contribution in [0.5, 0.6) is 5.75 Å². The summed E-state index contributed by atoms with van der Waals surface area (Å²) in [6.45, 7) is 4.01. The summed E-state index contributed by atoms with van der Waals surface area (Å²) in [6.07, 6.45) is 1.30. The molecule has 36 heavy (non-hydrogen) atoms. The van der Waals surface area contributed by atoms with E-state index >= 15 is 0 Å². The monoisotopic (exact) mass is 506 g/mol. The topological polar surface area (TPSA) is 116 Å². The number of anilines is 1. The third-order valence-electron chi connectivity index (χ3n) is 6.23. The first-order chi connectivity index (χ1) is 17.5. The van der Waals surface area contributed by atoms with Gasteiger partial charge in [-0.2, -0.15) is 0 Å². The van der Waals surface area contributed by atoms with Crippen molar-refractivity contribution in [1.82, 2.24) is 20.3 Å². The maximum Gasteiger partial charge on any atom is 0.261 e. The van der Waals surface area contributed by atoms with Gasteiger partial charge in [-0.3, -0.25) is 9.79 Å². The highest BCUT2D eigenvalue weighted by atomic mass is 35.5. The molecule has 4 aromatic rings. The molecule has 1 aliphatic rings. The first-order valence-corrected chi connectivity index (χ1v) is 12.0. The van der Waals surface area contributed by atoms with E-state index in [0.717, 1.165) is 46.6 Å². The van der Waals surface area contributed by atoms with Crippen molar-refractivity contribution in [3.05, 3.63) is 74.7 Å². The molecule has 0 saturated carbocycles. The van der Waals surface area contributed by atoms with Crippen LogP contribution in [-0.2, 0) is 4.74 Å². The maximum absolute atomic E-state index is 12.9. The molecule has 2 aromatic heterocycles. The smallest absolute Gasteiger partial charge is 0.261 e. The van der Waals surface area contributed by atoms with Gasteiger partial charge < -0.3 is 30.1 Å². The number of pyridine rings is 1. The molecule has 4 N–H and O–H groups in total. The van der Waals surface area contributed by atoms with Crippen LogP contribution in [0.4, 0.5) is 5.69 Å². The standard InChI is InChI=1S/C26H27ClN6O3/c1-14-10-16(24-28-8-9-29-24)12-19-23(14)33-25(32-19)22-18(6-7-30-26(22)34)31-13-21(36-3)15-4-5-20(35-2)17(27)11-15/h4-7,10-12,21H,8-9,13H2,1-3H3,(H,28,29)(H,32,33)(H2,30,31,34). The summed E-state index contributed by atoms with van der Waals surface area (Å²) in [5.74, 6) is 1.96. The van der Waals surface area contributed by atoms with Crippen molar-refractivity contribution in [1.29, 1.82) is 0 Å². The average Bonchev–Trinajstić information content (AvgIpc) is 3.55. The number of H-pyrrole nitrogens is 2. The van der Waals surface area contributed by atoms with Gasteiger partial charge >= 0.3 is 0 Å². The molecule has 0 radical (unpaired) electrons. The molecule has 3 heterocycles. The third-order valence-corrected chi connectivity index (χ3v) is 6.53. The van der Waals surface area contributed by atoms with Gasteiger partial charge in [0.2, 0.25) is 0 Å². The molecule has 5 rings (SSSR count). The molecule has 186 valence electrons. The largest absolute Gasteiger partial charge is 0.495 e. The number of aromatic amines is 2. The molecule has 1 unspecified atom stereocenters. The number of halogens is 1. The van der Waals surface area contributed by atoms with Gasteiger partial charge in [0, 0.05) is 32.0 Å². The molecule has 0 fully saturated rings. The molecule has 0 saturated heterocycles. The highest BCUT2D eigenvalue weighted by molar-refractivity contribution is 6.32. The van der Waals surface area contributed by atoms with Crippen LogP contribution in [0.3, 0.4) is 0 Å².